The molecule has 3 aromatic rings. The molecule has 25 heavy (non-hydrogen) atoms. The van der Waals surface area contributed by atoms with Crippen molar-refractivity contribution in [3.63, 3.8) is 0 Å². The Morgan fingerprint density at radius 3 is 2.64 bits per heavy atom. The Labute approximate surface area is 160 Å². The molecule has 128 valence electrons. The second-order valence-electron chi connectivity index (χ2n) is 5.71. The minimum Gasteiger partial charge on any atom is -0.353 e. The first-order chi connectivity index (χ1) is 12.0. The third-order valence-electron chi connectivity index (χ3n) is 3.43. The van der Waals surface area contributed by atoms with Crippen LogP contribution in [-0.2, 0) is 6.54 Å². The van der Waals surface area contributed by atoms with Gasteiger partial charge < -0.3 is 15.2 Å². The zero-order valence-corrected chi connectivity index (χ0v) is 16.2. The molecule has 0 fully saturated rings. The van der Waals surface area contributed by atoms with Crippen LogP contribution in [0.1, 0.15) is 17.0 Å². The number of hydrogen-bond donors (Lipinski definition) is 2. The Morgan fingerprint density at radius 1 is 1.16 bits per heavy atom. The second-order valence-corrected chi connectivity index (χ2v) is 7.03. The lowest BCUT2D eigenvalue weighted by atomic mass is 10.1. The first-order valence-corrected chi connectivity index (χ1v) is 8.91. The van der Waals surface area contributed by atoms with Gasteiger partial charge in [-0.25, -0.2) is 0 Å². The van der Waals surface area contributed by atoms with Crippen LogP contribution in [0, 0.1) is 13.8 Å². The van der Waals surface area contributed by atoms with Gasteiger partial charge in [0, 0.05) is 15.7 Å². The van der Waals surface area contributed by atoms with Gasteiger partial charge in [0.1, 0.15) is 0 Å². The molecule has 0 spiro atoms. The first-order valence-electron chi connectivity index (χ1n) is 7.71. The summed E-state index contributed by atoms with van der Waals surface area (Å²) in [4.78, 5) is 4.38. The van der Waals surface area contributed by atoms with Gasteiger partial charge in [0.2, 0.25) is 11.7 Å². The summed E-state index contributed by atoms with van der Waals surface area (Å²) < 4.78 is 6.24. The van der Waals surface area contributed by atoms with Gasteiger partial charge in [-0.05, 0) is 61.5 Å². The quantitative estimate of drug-likeness (QED) is 0.605. The van der Waals surface area contributed by atoms with Gasteiger partial charge in [-0.1, -0.05) is 39.3 Å². The molecule has 7 heteroatoms. The first kappa shape index (κ1) is 17.6. The van der Waals surface area contributed by atoms with E-state index in [-0.39, 0.29) is 0 Å². The highest BCUT2D eigenvalue weighted by Crippen LogP contribution is 2.20. The normalized spacial score (nSPS) is 10.5. The fourth-order valence-corrected chi connectivity index (χ4v) is 3.04. The number of halogens is 1. The molecule has 0 aliphatic carbocycles. The molecule has 3 rings (SSSR count). The van der Waals surface area contributed by atoms with Crippen molar-refractivity contribution < 1.29 is 4.52 Å². The summed E-state index contributed by atoms with van der Waals surface area (Å²) in [6.45, 7) is 4.46. The smallest absolute Gasteiger partial charge is 0.246 e. The van der Waals surface area contributed by atoms with Crippen LogP contribution in [0.5, 0.6) is 0 Å². The molecule has 0 bridgehead atoms. The Morgan fingerprint density at radius 2 is 1.92 bits per heavy atom. The van der Waals surface area contributed by atoms with Crippen molar-refractivity contribution in [3.05, 3.63) is 64.0 Å². The average Bonchev–Trinajstić information content (AvgIpc) is 3.01. The van der Waals surface area contributed by atoms with E-state index in [1.54, 1.807) is 0 Å². The SMILES string of the molecule is Cc1cc(C)cc(NC(=S)NCc2nc(-c3cccc(Br)c3)no2)c1. The van der Waals surface area contributed by atoms with E-state index in [1.165, 1.54) is 11.1 Å². The van der Waals surface area contributed by atoms with Crippen molar-refractivity contribution in [1.82, 2.24) is 15.5 Å². The van der Waals surface area contributed by atoms with Gasteiger partial charge in [-0.3, -0.25) is 0 Å². The average molecular weight is 417 g/mol. The number of anilines is 1. The van der Waals surface area contributed by atoms with Gasteiger partial charge in [0.05, 0.1) is 6.54 Å². The van der Waals surface area contributed by atoms with Gasteiger partial charge in [0.15, 0.2) is 5.11 Å². The van der Waals surface area contributed by atoms with E-state index in [4.69, 9.17) is 16.7 Å². The topological polar surface area (TPSA) is 63.0 Å². The molecule has 0 aliphatic rings. The summed E-state index contributed by atoms with van der Waals surface area (Å²) in [5, 5.41) is 10.8. The zero-order valence-electron chi connectivity index (χ0n) is 13.8. The molecule has 2 N–H and O–H groups in total. The molecule has 1 heterocycles. The third kappa shape index (κ3) is 4.87. The molecule has 1 aromatic heterocycles. The molecule has 0 atom stereocenters. The number of nitrogens with zero attached hydrogens (tertiary/aromatic N) is 2. The van der Waals surface area contributed by atoms with E-state index in [9.17, 15) is 0 Å². The van der Waals surface area contributed by atoms with Crippen LogP contribution in [0.25, 0.3) is 11.4 Å². The third-order valence-corrected chi connectivity index (χ3v) is 4.17. The van der Waals surface area contributed by atoms with Crippen molar-refractivity contribution in [2.45, 2.75) is 20.4 Å². The molecular weight excluding hydrogens is 400 g/mol. The monoisotopic (exact) mass is 416 g/mol. The van der Waals surface area contributed by atoms with E-state index in [0.29, 0.717) is 23.4 Å². The Kier molecular flexibility index (Phi) is 5.45. The number of rotatable bonds is 4. The molecule has 0 unspecified atom stereocenters. The van der Waals surface area contributed by atoms with Gasteiger partial charge in [-0.2, -0.15) is 4.98 Å². The number of thiocarbonyl (C=S) groups is 1. The minimum absolute atomic E-state index is 0.359. The minimum atomic E-state index is 0.359. The molecular formula is C18H17BrN4OS. The van der Waals surface area contributed by atoms with E-state index >= 15 is 0 Å². The van der Waals surface area contributed by atoms with Crippen LogP contribution in [0.2, 0.25) is 0 Å². The second kappa shape index (κ2) is 7.76. The summed E-state index contributed by atoms with van der Waals surface area (Å²) >= 11 is 8.75. The van der Waals surface area contributed by atoms with Crippen LogP contribution in [0.3, 0.4) is 0 Å². The summed E-state index contributed by atoms with van der Waals surface area (Å²) in [5.41, 5.74) is 4.21. The number of aryl methyl sites for hydroxylation is 2. The van der Waals surface area contributed by atoms with Crippen molar-refractivity contribution in [2.75, 3.05) is 5.32 Å². The molecule has 0 aliphatic heterocycles. The van der Waals surface area contributed by atoms with Gasteiger partial charge in [-0.15, -0.1) is 0 Å². The predicted molar refractivity (Wildman–Crippen MR) is 106 cm³/mol. The summed E-state index contributed by atoms with van der Waals surface area (Å²) in [6.07, 6.45) is 0. The lowest BCUT2D eigenvalue weighted by Crippen LogP contribution is -2.28. The van der Waals surface area contributed by atoms with Crippen LogP contribution < -0.4 is 10.6 Å². The number of nitrogens with one attached hydrogen (secondary N) is 2. The Bertz CT molecular complexity index is 889. The maximum atomic E-state index is 5.32. The van der Waals surface area contributed by atoms with E-state index in [0.717, 1.165) is 15.7 Å². The van der Waals surface area contributed by atoms with Crippen LogP contribution in [0.4, 0.5) is 5.69 Å². The Balaban J connectivity index is 1.59. The van der Waals surface area contributed by atoms with E-state index in [1.807, 2.05) is 36.4 Å². The fraction of sp³-hybridized carbons (Fsp3) is 0.167. The molecule has 0 amide bonds. The summed E-state index contributed by atoms with van der Waals surface area (Å²) in [5.74, 6) is 1.02. The largest absolute Gasteiger partial charge is 0.353 e. The van der Waals surface area contributed by atoms with E-state index < -0.39 is 0 Å². The fourth-order valence-electron chi connectivity index (χ4n) is 2.45. The van der Waals surface area contributed by atoms with Gasteiger partial charge >= 0.3 is 0 Å². The molecule has 0 saturated carbocycles. The molecule has 5 nitrogen and oxygen atoms in total. The zero-order chi connectivity index (χ0) is 17.8. The lowest BCUT2D eigenvalue weighted by molar-refractivity contribution is 0.376. The highest BCUT2D eigenvalue weighted by atomic mass is 79.9. The van der Waals surface area contributed by atoms with Crippen molar-refractivity contribution in [1.29, 1.82) is 0 Å². The van der Waals surface area contributed by atoms with E-state index in [2.05, 4.69) is 56.6 Å². The lowest BCUT2D eigenvalue weighted by Gasteiger charge is -2.10. The number of benzene rings is 2. The molecule has 2 aromatic carbocycles. The maximum absolute atomic E-state index is 5.32. The van der Waals surface area contributed by atoms with Crippen LogP contribution in [-0.4, -0.2) is 15.3 Å². The van der Waals surface area contributed by atoms with Crippen LogP contribution in [0.15, 0.2) is 51.5 Å². The predicted octanol–water partition coefficient (Wildman–Crippen LogP) is 4.60. The van der Waals surface area contributed by atoms with Crippen molar-refractivity contribution >= 4 is 38.9 Å². The highest BCUT2D eigenvalue weighted by molar-refractivity contribution is 9.10. The highest BCUT2D eigenvalue weighted by Gasteiger charge is 2.09. The van der Waals surface area contributed by atoms with Crippen LogP contribution >= 0.6 is 28.1 Å². The Hall–Kier alpha value is -2.25. The summed E-state index contributed by atoms with van der Waals surface area (Å²) in [6, 6.07) is 13.9. The number of hydrogen-bond acceptors (Lipinski definition) is 4. The summed E-state index contributed by atoms with van der Waals surface area (Å²) in [7, 11) is 0. The van der Waals surface area contributed by atoms with Crippen molar-refractivity contribution in [3.8, 4) is 11.4 Å². The van der Waals surface area contributed by atoms with Gasteiger partial charge in [0.25, 0.3) is 0 Å². The maximum Gasteiger partial charge on any atom is 0.246 e. The molecule has 0 radical (unpaired) electrons. The number of aromatic nitrogens is 2. The standard InChI is InChI=1S/C18H17BrN4OS/c1-11-6-12(2)8-15(7-11)21-18(25)20-10-16-22-17(23-24-16)13-4-3-5-14(19)9-13/h3-9H,10H2,1-2H3,(H2,20,21,25). The molecule has 0 saturated heterocycles. The van der Waals surface area contributed by atoms with Crippen molar-refractivity contribution in [2.24, 2.45) is 0 Å².